The van der Waals surface area contributed by atoms with Gasteiger partial charge in [0.15, 0.2) is 22.4 Å². The molecule has 162 valence electrons. The van der Waals surface area contributed by atoms with Gasteiger partial charge in [0.1, 0.15) is 0 Å². The summed E-state index contributed by atoms with van der Waals surface area (Å²) in [7, 11) is 0. The minimum Gasteiger partial charge on any atom is -0.461 e. The Morgan fingerprint density at radius 1 is 1.09 bits per heavy atom. The molecular formula is C22H17ClN4O4S. The van der Waals surface area contributed by atoms with E-state index in [0.717, 1.165) is 5.56 Å². The highest BCUT2D eigenvalue weighted by molar-refractivity contribution is 7.99. The van der Waals surface area contributed by atoms with E-state index >= 15 is 0 Å². The van der Waals surface area contributed by atoms with E-state index in [4.69, 9.17) is 25.5 Å². The van der Waals surface area contributed by atoms with Gasteiger partial charge in [-0.3, -0.25) is 9.36 Å². The van der Waals surface area contributed by atoms with Crippen molar-refractivity contribution < 1.29 is 18.7 Å². The number of aromatic nitrogens is 3. The minimum atomic E-state index is -0.138. The highest BCUT2D eigenvalue weighted by Gasteiger charge is 2.20. The first-order valence-electron chi connectivity index (χ1n) is 9.71. The van der Waals surface area contributed by atoms with Crippen molar-refractivity contribution >= 4 is 29.3 Å². The van der Waals surface area contributed by atoms with Crippen LogP contribution in [0.4, 0.5) is 0 Å². The van der Waals surface area contributed by atoms with E-state index in [1.807, 2.05) is 36.4 Å². The zero-order valence-electron chi connectivity index (χ0n) is 16.7. The second-order valence-electron chi connectivity index (χ2n) is 6.82. The number of hydrogen-bond acceptors (Lipinski definition) is 7. The van der Waals surface area contributed by atoms with Gasteiger partial charge in [0.25, 0.3) is 0 Å². The molecule has 0 atom stereocenters. The third-order valence-corrected chi connectivity index (χ3v) is 5.98. The maximum absolute atomic E-state index is 12.5. The van der Waals surface area contributed by atoms with E-state index in [1.54, 1.807) is 29.0 Å². The van der Waals surface area contributed by atoms with Gasteiger partial charge in [0.2, 0.25) is 18.5 Å². The van der Waals surface area contributed by atoms with E-state index in [1.165, 1.54) is 11.8 Å². The molecule has 1 amide bonds. The molecule has 0 fully saturated rings. The molecule has 10 heteroatoms. The molecule has 0 saturated heterocycles. The average molecular weight is 469 g/mol. The van der Waals surface area contributed by atoms with Crippen molar-refractivity contribution in [1.29, 1.82) is 0 Å². The van der Waals surface area contributed by atoms with E-state index < -0.39 is 0 Å². The van der Waals surface area contributed by atoms with Crippen LogP contribution in [0, 0.1) is 0 Å². The number of carbonyl (C=O) groups is 1. The van der Waals surface area contributed by atoms with Crippen molar-refractivity contribution in [1.82, 2.24) is 20.1 Å². The number of ether oxygens (including phenoxy) is 2. The van der Waals surface area contributed by atoms with Crippen LogP contribution in [0.15, 0.2) is 70.4 Å². The molecule has 0 radical (unpaired) electrons. The molecule has 1 N–H and O–H groups in total. The molecule has 1 aliphatic heterocycles. The maximum atomic E-state index is 12.5. The van der Waals surface area contributed by atoms with E-state index in [2.05, 4.69) is 15.5 Å². The van der Waals surface area contributed by atoms with Crippen LogP contribution in [-0.4, -0.2) is 33.2 Å². The van der Waals surface area contributed by atoms with E-state index in [9.17, 15) is 4.79 Å². The van der Waals surface area contributed by atoms with Gasteiger partial charge in [0, 0.05) is 6.54 Å². The SMILES string of the molecule is O=C(CSc1nnc(-c2ccco2)n1-c1ccccc1Cl)NCc1ccc2c(c1)OCO2. The normalized spacial score (nSPS) is 12.2. The summed E-state index contributed by atoms with van der Waals surface area (Å²) in [6, 6.07) is 16.5. The van der Waals surface area contributed by atoms with E-state index in [-0.39, 0.29) is 18.5 Å². The minimum absolute atomic E-state index is 0.138. The monoisotopic (exact) mass is 468 g/mol. The Bertz CT molecular complexity index is 1260. The van der Waals surface area contributed by atoms with Crippen molar-refractivity contribution in [3.05, 3.63) is 71.4 Å². The smallest absolute Gasteiger partial charge is 0.231 e. The number of benzene rings is 2. The van der Waals surface area contributed by atoms with Gasteiger partial charge in [0.05, 0.1) is 22.7 Å². The number of thioether (sulfide) groups is 1. The molecule has 32 heavy (non-hydrogen) atoms. The average Bonchev–Trinajstić information content (AvgIpc) is 3.56. The third-order valence-electron chi connectivity index (χ3n) is 4.73. The number of fused-ring (bicyclic) bond motifs is 1. The molecule has 2 aromatic heterocycles. The molecule has 5 rings (SSSR count). The molecule has 0 spiro atoms. The quantitative estimate of drug-likeness (QED) is 0.404. The van der Waals surface area contributed by atoms with Crippen molar-refractivity contribution in [2.45, 2.75) is 11.7 Å². The highest BCUT2D eigenvalue weighted by atomic mass is 35.5. The number of furan rings is 1. The second-order valence-corrected chi connectivity index (χ2v) is 8.17. The number of carbonyl (C=O) groups excluding carboxylic acids is 1. The van der Waals surface area contributed by atoms with Crippen LogP contribution in [0.3, 0.4) is 0 Å². The van der Waals surface area contributed by atoms with Gasteiger partial charge in [-0.25, -0.2) is 0 Å². The van der Waals surface area contributed by atoms with Crippen LogP contribution in [0.2, 0.25) is 5.02 Å². The number of halogens is 1. The largest absolute Gasteiger partial charge is 0.461 e. The highest BCUT2D eigenvalue weighted by Crippen LogP contribution is 2.33. The number of para-hydroxylation sites is 1. The second kappa shape index (κ2) is 8.97. The topological polar surface area (TPSA) is 91.4 Å². The summed E-state index contributed by atoms with van der Waals surface area (Å²) in [5.74, 6) is 2.47. The van der Waals surface area contributed by atoms with Crippen LogP contribution in [-0.2, 0) is 11.3 Å². The number of hydrogen-bond donors (Lipinski definition) is 1. The van der Waals surface area contributed by atoms with Crippen molar-refractivity contribution in [3.63, 3.8) is 0 Å². The Balaban J connectivity index is 1.30. The maximum Gasteiger partial charge on any atom is 0.231 e. The molecule has 1 aliphatic rings. The Morgan fingerprint density at radius 3 is 2.81 bits per heavy atom. The summed E-state index contributed by atoms with van der Waals surface area (Å²) in [5.41, 5.74) is 1.63. The lowest BCUT2D eigenvalue weighted by atomic mass is 10.2. The Labute approximate surface area is 192 Å². The molecule has 4 aromatic rings. The molecule has 3 heterocycles. The third kappa shape index (κ3) is 4.17. The predicted octanol–water partition coefficient (Wildman–Crippen LogP) is 4.32. The summed E-state index contributed by atoms with van der Waals surface area (Å²) in [4.78, 5) is 12.5. The summed E-state index contributed by atoms with van der Waals surface area (Å²) in [6.45, 7) is 0.596. The summed E-state index contributed by atoms with van der Waals surface area (Å²) in [6.07, 6.45) is 1.57. The Kier molecular flexibility index (Phi) is 5.74. The molecule has 0 saturated carbocycles. The zero-order valence-corrected chi connectivity index (χ0v) is 18.2. The fourth-order valence-electron chi connectivity index (χ4n) is 3.21. The summed E-state index contributed by atoms with van der Waals surface area (Å²) in [5, 5.41) is 12.5. The van der Waals surface area contributed by atoms with Gasteiger partial charge in [-0.2, -0.15) is 0 Å². The van der Waals surface area contributed by atoms with Crippen LogP contribution < -0.4 is 14.8 Å². The van der Waals surface area contributed by atoms with Crippen molar-refractivity contribution in [2.75, 3.05) is 12.5 Å². The van der Waals surface area contributed by atoms with Crippen LogP contribution in [0.5, 0.6) is 11.5 Å². The lowest BCUT2D eigenvalue weighted by Crippen LogP contribution is -2.24. The molecule has 0 unspecified atom stereocenters. The molecule has 0 bridgehead atoms. The summed E-state index contributed by atoms with van der Waals surface area (Å²) >= 11 is 7.69. The predicted molar refractivity (Wildman–Crippen MR) is 119 cm³/mol. The molecular weight excluding hydrogens is 452 g/mol. The molecule has 0 aliphatic carbocycles. The van der Waals surface area contributed by atoms with Crippen LogP contribution >= 0.6 is 23.4 Å². The first kappa shape index (κ1) is 20.5. The Hall–Kier alpha value is -3.43. The zero-order chi connectivity index (χ0) is 21.9. The van der Waals surface area contributed by atoms with Crippen molar-refractivity contribution in [2.24, 2.45) is 0 Å². The standard InChI is InChI=1S/C22H17ClN4O4S/c23-15-4-1-2-5-16(15)27-21(18-6-3-9-29-18)25-26-22(27)32-12-20(28)24-11-14-7-8-17-19(10-14)31-13-30-17/h1-10H,11-13H2,(H,24,28). The number of nitrogens with zero attached hydrogens (tertiary/aromatic N) is 3. The number of amides is 1. The molecule has 8 nitrogen and oxygen atoms in total. The Morgan fingerprint density at radius 2 is 1.97 bits per heavy atom. The van der Waals surface area contributed by atoms with E-state index in [0.29, 0.717) is 45.5 Å². The van der Waals surface area contributed by atoms with Crippen LogP contribution in [0.25, 0.3) is 17.3 Å². The van der Waals surface area contributed by atoms with Gasteiger partial charge >= 0.3 is 0 Å². The lowest BCUT2D eigenvalue weighted by molar-refractivity contribution is -0.118. The van der Waals surface area contributed by atoms with Gasteiger partial charge in [-0.05, 0) is 42.0 Å². The summed E-state index contributed by atoms with van der Waals surface area (Å²) < 4.78 is 18.0. The van der Waals surface area contributed by atoms with Gasteiger partial charge in [-0.15, -0.1) is 10.2 Å². The first-order chi connectivity index (χ1) is 15.7. The van der Waals surface area contributed by atoms with Crippen molar-refractivity contribution in [3.8, 4) is 28.8 Å². The number of nitrogens with one attached hydrogen (secondary N) is 1. The number of rotatable bonds is 7. The molecule has 2 aromatic carbocycles. The fourth-order valence-corrected chi connectivity index (χ4v) is 4.21. The van der Waals surface area contributed by atoms with Gasteiger partial charge < -0.3 is 19.2 Å². The fraction of sp³-hybridized carbons (Fsp3) is 0.136. The lowest BCUT2D eigenvalue weighted by Gasteiger charge is -2.11. The van der Waals surface area contributed by atoms with Gasteiger partial charge in [-0.1, -0.05) is 41.6 Å². The van der Waals surface area contributed by atoms with Crippen LogP contribution in [0.1, 0.15) is 5.56 Å². The first-order valence-corrected chi connectivity index (χ1v) is 11.1.